The van der Waals surface area contributed by atoms with Crippen LogP contribution in [0.4, 0.5) is 4.39 Å². The highest BCUT2D eigenvalue weighted by atomic mass is 19.1. The normalized spacial score (nSPS) is 19.2. The van der Waals surface area contributed by atoms with E-state index in [1.807, 2.05) is 18.3 Å². The second kappa shape index (κ2) is 6.37. The number of hydrogen-bond donors (Lipinski definition) is 0. The zero-order valence-corrected chi connectivity index (χ0v) is 12.2. The van der Waals surface area contributed by atoms with Gasteiger partial charge in [-0.25, -0.2) is 4.39 Å². The van der Waals surface area contributed by atoms with E-state index in [-0.39, 0.29) is 5.82 Å². The summed E-state index contributed by atoms with van der Waals surface area (Å²) in [6, 6.07) is 8.87. The summed E-state index contributed by atoms with van der Waals surface area (Å²) in [5.41, 5.74) is 2.20. The molecule has 3 rings (SSSR count). The number of benzene rings is 1. The lowest BCUT2D eigenvalue weighted by Gasteiger charge is -2.23. The first-order chi connectivity index (χ1) is 10.2. The minimum atomic E-state index is -0.180. The number of hydrogen-bond acceptors (Lipinski definition) is 3. The molecule has 0 saturated carbocycles. The van der Waals surface area contributed by atoms with Crippen LogP contribution in [0.5, 0.6) is 0 Å². The Balaban J connectivity index is 1.77. The lowest BCUT2D eigenvalue weighted by molar-refractivity contribution is 0.114. The predicted molar refractivity (Wildman–Crippen MR) is 78.1 cm³/mol. The maximum atomic E-state index is 13.3. The van der Waals surface area contributed by atoms with E-state index in [2.05, 4.69) is 14.7 Å². The molecule has 5 heteroatoms. The molecule has 1 atom stereocenters. The average Bonchev–Trinajstić information content (AvgIpc) is 2.79. The molecule has 0 N–H and O–H groups in total. The van der Waals surface area contributed by atoms with Crippen molar-refractivity contribution in [3.8, 4) is 0 Å². The summed E-state index contributed by atoms with van der Waals surface area (Å²) in [5, 5.41) is 4.38. The monoisotopic (exact) mass is 289 g/mol. The number of rotatable bonds is 4. The van der Waals surface area contributed by atoms with Gasteiger partial charge in [-0.3, -0.25) is 9.58 Å². The van der Waals surface area contributed by atoms with Crippen molar-refractivity contribution in [2.45, 2.75) is 19.6 Å². The molecule has 0 amide bonds. The Labute approximate surface area is 124 Å². The van der Waals surface area contributed by atoms with Gasteiger partial charge in [0.05, 0.1) is 12.3 Å². The van der Waals surface area contributed by atoms with E-state index in [9.17, 15) is 4.39 Å². The van der Waals surface area contributed by atoms with Crippen LogP contribution in [0.25, 0.3) is 0 Å². The fraction of sp³-hybridized carbons (Fsp3) is 0.438. The summed E-state index contributed by atoms with van der Waals surface area (Å²) < 4.78 is 20.7. The van der Waals surface area contributed by atoms with Crippen LogP contribution in [0.3, 0.4) is 0 Å². The molecule has 4 nitrogen and oxygen atoms in total. The highest BCUT2D eigenvalue weighted by Gasteiger charge is 2.22. The minimum absolute atomic E-state index is 0.180. The highest BCUT2D eigenvalue weighted by Crippen LogP contribution is 2.18. The van der Waals surface area contributed by atoms with Crippen molar-refractivity contribution in [1.29, 1.82) is 0 Å². The van der Waals surface area contributed by atoms with Crippen molar-refractivity contribution in [1.82, 2.24) is 14.7 Å². The Morgan fingerprint density at radius 1 is 1.33 bits per heavy atom. The fourth-order valence-electron chi connectivity index (χ4n) is 2.97. The third-order valence-electron chi connectivity index (χ3n) is 3.84. The van der Waals surface area contributed by atoms with Gasteiger partial charge < -0.3 is 4.74 Å². The zero-order valence-electron chi connectivity index (χ0n) is 12.2. The molecular weight excluding hydrogens is 269 g/mol. The average molecular weight is 289 g/mol. The molecule has 21 heavy (non-hydrogen) atoms. The third-order valence-corrected chi connectivity index (χ3v) is 3.84. The van der Waals surface area contributed by atoms with E-state index < -0.39 is 0 Å². The van der Waals surface area contributed by atoms with Crippen molar-refractivity contribution in [3.05, 3.63) is 53.6 Å². The molecule has 1 aromatic carbocycles. The SMILES string of the molecule is COC[C@@H]1CN(Cc2cccc(F)c2)Cc2ccnn2C1. The molecule has 0 fully saturated rings. The fourth-order valence-corrected chi connectivity index (χ4v) is 2.97. The first-order valence-electron chi connectivity index (χ1n) is 7.21. The summed E-state index contributed by atoms with van der Waals surface area (Å²) in [6.45, 7) is 4.07. The Morgan fingerprint density at radius 3 is 3.05 bits per heavy atom. The van der Waals surface area contributed by atoms with Gasteiger partial charge in [0.15, 0.2) is 0 Å². The van der Waals surface area contributed by atoms with Gasteiger partial charge in [0.2, 0.25) is 0 Å². The van der Waals surface area contributed by atoms with Crippen molar-refractivity contribution >= 4 is 0 Å². The summed E-state index contributed by atoms with van der Waals surface area (Å²) >= 11 is 0. The molecule has 1 aliphatic heterocycles. The quantitative estimate of drug-likeness (QED) is 0.865. The van der Waals surface area contributed by atoms with E-state index in [1.165, 1.54) is 11.8 Å². The van der Waals surface area contributed by atoms with Gasteiger partial charge in [0.25, 0.3) is 0 Å². The first-order valence-corrected chi connectivity index (χ1v) is 7.21. The van der Waals surface area contributed by atoms with Crippen molar-refractivity contribution in [3.63, 3.8) is 0 Å². The molecule has 1 aromatic heterocycles. The molecule has 0 bridgehead atoms. The smallest absolute Gasteiger partial charge is 0.123 e. The lowest BCUT2D eigenvalue weighted by atomic mass is 10.1. The largest absolute Gasteiger partial charge is 0.384 e. The van der Waals surface area contributed by atoms with Crippen LogP contribution in [-0.4, -0.2) is 34.9 Å². The zero-order chi connectivity index (χ0) is 14.7. The van der Waals surface area contributed by atoms with Crippen LogP contribution in [0.2, 0.25) is 0 Å². The van der Waals surface area contributed by atoms with Gasteiger partial charge in [-0.1, -0.05) is 12.1 Å². The Morgan fingerprint density at radius 2 is 2.24 bits per heavy atom. The number of fused-ring (bicyclic) bond motifs is 1. The second-order valence-corrected chi connectivity index (χ2v) is 5.63. The van der Waals surface area contributed by atoms with Crippen LogP contribution in [-0.2, 0) is 24.4 Å². The standard InChI is InChI=1S/C16H20FN3O/c1-21-12-14-9-19(8-13-3-2-4-15(17)7-13)11-16-5-6-18-20(16)10-14/h2-7,14H,8-12H2,1H3/t14-/m1/s1. The van der Waals surface area contributed by atoms with Crippen molar-refractivity contribution in [2.75, 3.05) is 20.3 Å². The Bertz CT molecular complexity index is 599. The third kappa shape index (κ3) is 3.49. The predicted octanol–water partition coefficient (Wildman–Crippen LogP) is 2.30. The molecule has 2 aromatic rings. The maximum Gasteiger partial charge on any atom is 0.123 e. The molecule has 112 valence electrons. The summed E-state index contributed by atoms with van der Waals surface area (Å²) in [4.78, 5) is 2.33. The lowest BCUT2D eigenvalue weighted by Crippen LogP contribution is -2.29. The van der Waals surface area contributed by atoms with E-state index in [0.717, 1.165) is 31.7 Å². The highest BCUT2D eigenvalue weighted by molar-refractivity contribution is 5.16. The van der Waals surface area contributed by atoms with Gasteiger partial charge in [-0.15, -0.1) is 0 Å². The van der Waals surface area contributed by atoms with E-state index in [4.69, 9.17) is 4.74 Å². The first kappa shape index (κ1) is 14.2. The molecular formula is C16H20FN3O. The van der Waals surface area contributed by atoms with Crippen LogP contribution in [0.15, 0.2) is 36.5 Å². The maximum absolute atomic E-state index is 13.3. The van der Waals surface area contributed by atoms with Crippen molar-refractivity contribution in [2.24, 2.45) is 5.92 Å². The Kier molecular flexibility index (Phi) is 4.31. The van der Waals surface area contributed by atoms with Crippen LogP contribution in [0, 0.1) is 11.7 Å². The van der Waals surface area contributed by atoms with Gasteiger partial charge in [0.1, 0.15) is 5.82 Å². The topological polar surface area (TPSA) is 30.3 Å². The van der Waals surface area contributed by atoms with Crippen LogP contribution >= 0.6 is 0 Å². The minimum Gasteiger partial charge on any atom is -0.384 e. The summed E-state index contributed by atoms with van der Waals surface area (Å²) in [7, 11) is 1.73. The second-order valence-electron chi connectivity index (χ2n) is 5.63. The molecule has 0 spiro atoms. The molecule has 2 heterocycles. The molecule has 0 aliphatic carbocycles. The summed E-state index contributed by atoms with van der Waals surface area (Å²) in [5.74, 6) is 0.213. The molecule has 0 unspecified atom stereocenters. The van der Waals surface area contributed by atoms with Gasteiger partial charge in [-0.2, -0.15) is 5.10 Å². The van der Waals surface area contributed by atoms with Crippen LogP contribution < -0.4 is 0 Å². The van der Waals surface area contributed by atoms with E-state index in [0.29, 0.717) is 12.5 Å². The van der Waals surface area contributed by atoms with E-state index >= 15 is 0 Å². The number of ether oxygens (including phenoxy) is 1. The number of nitrogens with zero attached hydrogens (tertiary/aromatic N) is 3. The van der Waals surface area contributed by atoms with Gasteiger partial charge >= 0.3 is 0 Å². The number of aromatic nitrogens is 2. The Hall–Kier alpha value is -1.72. The van der Waals surface area contributed by atoms with Crippen molar-refractivity contribution < 1.29 is 9.13 Å². The number of halogens is 1. The van der Waals surface area contributed by atoms with E-state index in [1.54, 1.807) is 19.2 Å². The van der Waals surface area contributed by atoms with Gasteiger partial charge in [-0.05, 0) is 23.8 Å². The summed E-state index contributed by atoms with van der Waals surface area (Å²) in [6.07, 6.45) is 1.84. The van der Waals surface area contributed by atoms with Gasteiger partial charge in [0, 0.05) is 45.4 Å². The van der Waals surface area contributed by atoms with Crippen LogP contribution in [0.1, 0.15) is 11.3 Å². The number of methoxy groups -OCH3 is 1. The molecule has 0 saturated heterocycles. The molecule has 1 aliphatic rings. The molecule has 0 radical (unpaired) electrons.